The zero-order valence-corrected chi connectivity index (χ0v) is 15.1. The SMILES string of the molecule is O=S(=O)(c1ccccc1)c1cnc2ccc(OC[C@@H]3CCCN3)cc2c1. The second-order valence-electron chi connectivity index (χ2n) is 6.45. The van der Waals surface area contributed by atoms with Gasteiger partial charge in [0.25, 0.3) is 0 Å². The molecule has 1 aliphatic rings. The van der Waals surface area contributed by atoms with Crippen LogP contribution in [0.5, 0.6) is 5.75 Å². The van der Waals surface area contributed by atoms with E-state index >= 15 is 0 Å². The highest BCUT2D eigenvalue weighted by Gasteiger charge is 2.18. The Labute approximate surface area is 152 Å². The molecule has 6 heteroatoms. The third-order valence-corrected chi connectivity index (χ3v) is 6.34. The number of nitrogens with zero attached hydrogens (tertiary/aromatic N) is 1. The molecule has 1 N–H and O–H groups in total. The van der Waals surface area contributed by atoms with Gasteiger partial charge in [0.1, 0.15) is 12.4 Å². The predicted octanol–water partition coefficient (Wildman–Crippen LogP) is 3.20. The molecule has 5 nitrogen and oxygen atoms in total. The van der Waals surface area contributed by atoms with E-state index in [9.17, 15) is 8.42 Å². The molecule has 0 saturated carbocycles. The monoisotopic (exact) mass is 368 g/mol. The van der Waals surface area contributed by atoms with Crippen molar-refractivity contribution in [1.82, 2.24) is 10.3 Å². The van der Waals surface area contributed by atoms with Crippen LogP contribution in [0.3, 0.4) is 0 Å². The number of ether oxygens (including phenoxy) is 1. The van der Waals surface area contributed by atoms with E-state index in [0.29, 0.717) is 12.6 Å². The number of nitrogens with one attached hydrogen (secondary N) is 1. The van der Waals surface area contributed by atoms with E-state index < -0.39 is 9.84 Å². The molecule has 0 unspecified atom stereocenters. The molecule has 0 amide bonds. The zero-order chi connectivity index (χ0) is 18.0. The molecule has 0 spiro atoms. The molecule has 0 aliphatic carbocycles. The number of fused-ring (bicyclic) bond motifs is 1. The van der Waals surface area contributed by atoms with Gasteiger partial charge in [0, 0.05) is 17.6 Å². The normalized spacial score (nSPS) is 17.5. The van der Waals surface area contributed by atoms with Gasteiger partial charge < -0.3 is 10.1 Å². The third-order valence-electron chi connectivity index (χ3n) is 4.60. The maximum Gasteiger partial charge on any atom is 0.208 e. The minimum atomic E-state index is -3.58. The highest BCUT2D eigenvalue weighted by atomic mass is 32.2. The molecular formula is C20H20N2O3S. The molecule has 26 heavy (non-hydrogen) atoms. The summed E-state index contributed by atoms with van der Waals surface area (Å²) in [5.74, 6) is 0.724. The first-order valence-electron chi connectivity index (χ1n) is 8.69. The molecule has 1 aliphatic heterocycles. The fourth-order valence-electron chi connectivity index (χ4n) is 3.16. The zero-order valence-electron chi connectivity index (χ0n) is 14.3. The highest BCUT2D eigenvalue weighted by molar-refractivity contribution is 7.91. The Balaban J connectivity index is 1.63. The number of rotatable bonds is 5. The fraction of sp³-hybridized carbons (Fsp3) is 0.250. The maximum absolute atomic E-state index is 12.8. The summed E-state index contributed by atoms with van der Waals surface area (Å²) in [6.45, 7) is 1.65. The van der Waals surface area contributed by atoms with Crippen LogP contribution in [0.2, 0.25) is 0 Å². The Morgan fingerprint density at radius 1 is 1.08 bits per heavy atom. The Morgan fingerprint density at radius 2 is 1.92 bits per heavy atom. The van der Waals surface area contributed by atoms with Crippen molar-refractivity contribution in [3.05, 3.63) is 60.8 Å². The van der Waals surface area contributed by atoms with E-state index in [0.717, 1.165) is 29.6 Å². The Morgan fingerprint density at radius 3 is 2.69 bits per heavy atom. The first-order chi connectivity index (χ1) is 12.6. The summed E-state index contributed by atoms with van der Waals surface area (Å²) >= 11 is 0. The van der Waals surface area contributed by atoms with Gasteiger partial charge in [-0.25, -0.2) is 8.42 Å². The van der Waals surface area contributed by atoms with Crippen molar-refractivity contribution < 1.29 is 13.2 Å². The number of sulfone groups is 1. The molecule has 2 aromatic carbocycles. The van der Waals surface area contributed by atoms with E-state index in [4.69, 9.17) is 4.74 Å². The summed E-state index contributed by atoms with van der Waals surface area (Å²) in [4.78, 5) is 4.76. The average Bonchev–Trinajstić information content (AvgIpc) is 3.20. The third kappa shape index (κ3) is 3.43. The lowest BCUT2D eigenvalue weighted by Gasteiger charge is -2.12. The average molecular weight is 368 g/mol. The van der Waals surface area contributed by atoms with Gasteiger partial charge in [-0.2, -0.15) is 0 Å². The summed E-state index contributed by atoms with van der Waals surface area (Å²) in [6, 6.07) is 16.0. The number of pyridine rings is 1. The van der Waals surface area contributed by atoms with Crippen LogP contribution in [0.4, 0.5) is 0 Å². The molecule has 134 valence electrons. The van der Waals surface area contributed by atoms with E-state index in [-0.39, 0.29) is 9.79 Å². The van der Waals surface area contributed by atoms with Gasteiger partial charge in [0.2, 0.25) is 9.84 Å². The van der Waals surface area contributed by atoms with Crippen molar-refractivity contribution >= 4 is 20.7 Å². The van der Waals surface area contributed by atoms with Crippen molar-refractivity contribution in [2.24, 2.45) is 0 Å². The highest BCUT2D eigenvalue weighted by Crippen LogP contribution is 2.26. The minimum Gasteiger partial charge on any atom is -0.492 e. The topological polar surface area (TPSA) is 68.3 Å². The summed E-state index contributed by atoms with van der Waals surface area (Å²) < 4.78 is 31.4. The van der Waals surface area contributed by atoms with Crippen LogP contribution in [0.1, 0.15) is 12.8 Å². The van der Waals surface area contributed by atoms with Crippen LogP contribution in [-0.4, -0.2) is 32.6 Å². The molecule has 0 radical (unpaired) electrons. The lowest BCUT2D eigenvalue weighted by atomic mass is 10.2. The van der Waals surface area contributed by atoms with Crippen molar-refractivity contribution in [2.45, 2.75) is 28.7 Å². The summed E-state index contributed by atoms with van der Waals surface area (Å²) in [6.07, 6.45) is 3.71. The molecule has 1 aromatic heterocycles. The molecule has 1 saturated heterocycles. The molecule has 4 rings (SSSR count). The van der Waals surface area contributed by atoms with Crippen LogP contribution < -0.4 is 10.1 Å². The Bertz CT molecular complexity index is 1010. The van der Waals surface area contributed by atoms with Crippen LogP contribution in [0.25, 0.3) is 10.9 Å². The predicted molar refractivity (Wildman–Crippen MR) is 100 cm³/mol. The largest absolute Gasteiger partial charge is 0.492 e. The summed E-state index contributed by atoms with van der Waals surface area (Å²) in [5, 5.41) is 4.14. The molecule has 1 atom stereocenters. The van der Waals surface area contributed by atoms with Crippen molar-refractivity contribution in [2.75, 3.05) is 13.2 Å². The lowest BCUT2D eigenvalue weighted by molar-refractivity contribution is 0.277. The van der Waals surface area contributed by atoms with E-state index in [1.807, 2.05) is 18.2 Å². The molecule has 3 aromatic rings. The van der Waals surface area contributed by atoms with Crippen LogP contribution >= 0.6 is 0 Å². The molecule has 1 fully saturated rings. The van der Waals surface area contributed by atoms with Gasteiger partial charge >= 0.3 is 0 Å². The van der Waals surface area contributed by atoms with Crippen LogP contribution in [0, 0.1) is 0 Å². The number of benzene rings is 2. The van der Waals surface area contributed by atoms with E-state index in [2.05, 4.69) is 10.3 Å². The van der Waals surface area contributed by atoms with Gasteiger partial charge in [-0.05, 0) is 55.8 Å². The van der Waals surface area contributed by atoms with Gasteiger partial charge in [0.05, 0.1) is 15.3 Å². The maximum atomic E-state index is 12.8. The van der Waals surface area contributed by atoms with Crippen molar-refractivity contribution in [3.8, 4) is 5.75 Å². The van der Waals surface area contributed by atoms with Crippen molar-refractivity contribution in [1.29, 1.82) is 0 Å². The summed E-state index contributed by atoms with van der Waals surface area (Å²) in [5.41, 5.74) is 0.739. The standard InChI is InChI=1S/C20H20N2O3S/c23-26(24,18-6-2-1-3-7-18)19-12-15-11-17(8-9-20(15)22-13-19)25-14-16-5-4-10-21-16/h1-3,6-9,11-13,16,21H,4-5,10,14H2/t16-/m0/s1. The number of hydrogen-bond donors (Lipinski definition) is 1. The van der Waals surface area contributed by atoms with Crippen LogP contribution in [-0.2, 0) is 9.84 Å². The Kier molecular flexibility index (Phi) is 4.61. The quantitative estimate of drug-likeness (QED) is 0.749. The minimum absolute atomic E-state index is 0.186. The first-order valence-corrected chi connectivity index (χ1v) is 10.2. The van der Waals surface area contributed by atoms with Gasteiger partial charge in [-0.15, -0.1) is 0 Å². The molecule has 0 bridgehead atoms. The fourth-order valence-corrected chi connectivity index (χ4v) is 4.42. The lowest BCUT2D eigenvalue weighted by Crippen LogP contribution is -2.28. The summed E-state index contributed by atoms with van der Waals surface area (Å²) in [7, 11) is -3.58. The smallest absolute Gasteiger partial charge is 0.208 e. The van der Waals surface area contributed by atoms with Gasteiger partial charge in [-0.3, -0.25) is 4.98 Å². The number of hydrogen-bond acceptors (Lipinski definition) is 5. The molecular weight excluding hydrogens is 348 g/mol. The van der Waals surface area contributed by atoms with Gasteiger partial charge in [-0.1, -0.05) is 18.2 Å². The van der Waals surface area contributed by atoms with E-state index in [1.165, 1.54) is 12.6 Å². The van der Waals surface area contributed by atoms with Gasteiger partial charge in [0.15, 0.2) is 0 Å². The number of aromatic nitrogens is 1. The van der Waals surface area contributed by atoms with E-state index in [1.54, 1.807) is 36.4 Å². The van der Waals surface area contributed by atoms with Crippen LogP contribution in [0.15, 0.2) is 70.6 Å². The second kappa shape index (κ2) is 7.05. The second-order valence-corrected chi connectivity index (χ2v) is 8.40. The Hall–Kier alpha value is -2.44. The molecule has 2 heterocycles. The van der Waals surface area contributed by atoms with Crippen molar-refractivity contribution in [3.63, 3.8) is 0 Å². The first kappa shape index (κ1) is 17.0.